The predicted molar refractivity (Wildman–Crippen MR) is 139 cm³/mol. The van der Waals surface area contributed by atoms with Gasteiger partial charge in [0.1, 0.15) is 10.8 Å². The Labute approximate surface area is 212 Å². The molecule has 0 atom stereocenters. The van der Waals surface area contributed by atoms with E-state index in [0.29, 0.717) is 39.8 Å². The van der Waals surface area contributed by atoms with Crippen LogP contribution in [0.1, 0.15) is 43.6 Å². The molecule has 7 nitrogen and oxygen atoms in total. The standard InChI is InChI=1S/C28H25NO6S/c1-4-33-28(31)25-16(2)24(12-17-9-10-21-23(11-17)35-15-34-21)36-27(25)29-26(30)20-13-18-7-5-6-8-19(18)14-22(20)32-3/h5-11,13-14H,4,12,15H2,1-3H3,(H,29,30). The molecule has 36 heavy (non-hydrogen) atoms. The van der Waals surface area contributed by atoms with Crippen LogP contribution in [-0.2, 0) is 11.2 Å². The zero-order valence-corrected chi connectivity index (χ0v) is 21.0. The monoisotopic (exact) mass is 503 g/mol. The third-order valence-electron chi connectivity index (χ3n) is 6.07. The van der Waals surface area contributed by atoms with Crippen molar-refractivity contribution in [2.45, 2.75) is 20.3 Å². The number of anilines is 1. The molecule has 1 N–H and O–H groups in total. The summed E-state index contributed by atoms with van der Waals surface area (Å²) in [6.45, 7) is 4.07. The van der Waals surface area contributed by atoms with E-state index >= 15 is 0 Å². The maximum Gasteiger partial charge on any atom is 0.341 e. The molecule has 3 aromatic carbocycles. The van der Waals surface area contributed by atoms with E-state index in [9.17, 15) is 9.59 Å². The molecule has 8 heteroatoms. The van der Waals surface area contributed by atoms with Crippen molar-refractivity contribution in [3.63, 3.8) is 0 Å². The lowest BCUT2D eigenvalue weighted by Gasteiger charge is -2.11. The van der Waals surface area contributed by atoms with Crippen LogP contribution in [0, 0.1) is 6.92 Å². The fourth-order valence-electron chi connectivity index (χ4n) is 4.24. The van der Waals surface area contributed by atoms with Crippen LogP contribution < -0.4 is 19.5 Å². The van der Waals surface area contributed by atoms with E-state index in [0.717, 1.165) is 26.8 Å². The summed E-state index contributed by atoms with van der Waals surface area (Å²) in [5.74, 6) is 1.04. The molecule has 0 spiro atoms. The Morgan fingerprint density at radius 3 is 2.53 bits per heavy atom. The molecule has 0 unspecified atom stereocenters. The number of amides is 1. The van der Waals surface area contributed by atoms with E-state index in [-0.39, 0.29) is 19.3 Å². The van der Waals surface area contributed by atoms with Gasteiger partial charge in [-0.25, -0.2) is 4.79 Å². The van der Waals surface area contributed by atoms with E-state index in [2.05, 4.69) is 5.32 Å². The first kappa shape index (κ1) is 23.7. The SMILES string of the molecule is CCOC(=O)c1c(NC(=O)c2cc3ccccc3cc2OC)sc(Cc2ccc3c(c2)OCO3)c1C. The smallest absolute Gasteiger partial charge is 0.341 e. The molecule has 0 fully saturated rings. The van der Waals surface area contributed by atoms with Gasteiger partial charge in [0.15, 0.2) is 11.5 Å². The van der Waals surface area contributed by atoms with Crippen molar-refractivity contribution in [1.82, 2.24) is 0 Å². The quantitative estimate of drug-likeness (QED) is 0.313. The molecule has 1 aliphatic rings. The molecule has 1 aromatic heterocycles. The number of methoxy groups -OCH3 is 1. The third-order valence-corrected chi connectivity index (χ3v) is 7.27. The van der Waals surface area contributed by atoms with Gasteiger partial charge in [-0.05, 0) is 60.0 Å². The minimum Gasteiger partial charge on any atom is -0.496 e. The Kier molecular flexibility index (Phi) is 6.52. The summed E-state index contributed by atoms with van der Waals surface area (Å²) in [6.07, 6.45) is 0.564. The zero-order chi connectivity index (χ0) is 25.2. The number of rotatable bonds is 7. The zero-order valence-electron chi connectivity index (χ0n) is 20.2. The second kappa shape index (κ2) is 9.91. The Hall–Kier alpha value is -4.04. The fraction of sp³-hybridized carbons (Fsp3) is 0.214. The maximum atomic E-state index is 13.4. The van der Waals surface area contributed by atoms with Gasteiger partial charge in [0.2, 0.25) is 6.79 Å². The van der Waals surface area contributed by atoms with Crippen LogP contribution in [0.25, 0.3) is 10.8 Å². The minimum atomic E-state index is -0.469. The maximum absolute atomic E-state index is 13.4. The molecule has 0 radical (unpaired) electrons. The first-order valence-electron chi connectivity index (χ1n) is 11.5. The average molecular weight is 504 g/mol. The summed E-state index contributed by atoms with van der Waals surface area (Å²) in [5.41, 5.74) is 2.53. The average Bonchev–Trinajstić information content (AvgIpc) is 3.47. The van der Waals surface area contributed by atoms with Crippen molar-refractivity contribution >= 4 is 39.0 Å². The molecule has 4 aromatic rings. The summed E-state index contributed by atoms with van der Waals surface area (Å²) < 4.78 is 21.7. The molecule has 0 saturated heterocycles. The summed E-state index contributed by atoms with van der Waals surface area (Å²) in [6, 6.07) is 17.2. The number of carbonyl (C=O) groups is 2. The summed E-state index contributed by atoms with van der Waals surface area (Å²) in [5, 5.41) is 5.28. The Balaban J connectivity index is 1.49. The van der Waals surface area contributed by atoms with Crippen molar-refractivity contribution in [2.24, 2.45) is 0 Å². The topological polar surface area (TPSA) is 83.1 Å². The molecule has 0 aliphatic carbocycles. The van der Waals surface area contributed by atoms with Crippen molar-refractivity contribution in [2.75, 3.05) is 25.8 Å². The Bertz CT molecular complexity index is 1470. The minimum absolute atomic E-state index is 0.207. The summed E-state index contributed by atoms with van der Waals surface area (Å²) in [7, 11) is 1.53. The van der Waals surface area contributed by atoms with Gasteiger partial charge in [-0.3, -0.25) is 4.79 Å². The van der Waals surface area contributed by atoms with Crippen LogP contribution in [0.5, 0.6) is 17.2 Å². The first-order valence-corrected chi connectivity index (χ1v) is 12.4. The van der Waals surface area contributed by atoms with Crippen LogP contribution in [0.3, 0.4) is 0 Å². The molecule has 184 valence electrons. The number of ether oxygens (including phenoxy) is 4. The van der Waals surface area contributed by atoms with Crippen molar-refractivity contribution in [1.29, 1.82) is 0 Å². The van der Waals surface area contributed by atoms with Gasteiger partial charge >= 0.3 is 5.97 Å². The molecule has 5 rings (SSSR count). The number of esters is 1. The van der Waals surface area contributed by atoms with Crippen LogP contribution in [0.4, 0.5) is 5.00 Å². The van der Waals surface area contributed by atoms with E-state index in [1.165, 1.54) is 18.4 Å². The molecule has 0 bridgehead atoms. The van der Waals surface area contributed by atoms with Crippen LogP contribution in [-0.4, -0.2) is 32.4 Å². The van der Waals surface area contributed by atoms with E-state index in [1.807, 2.05) is 55.5 Å². The number of thiophene rings is 1. The lowest BCUT2D eigenvalue weighted by molar-refractivity contribution is 0.0527. The number of hydrogen-bond acceptors (Lipinski definition) is 7. The van der Waals surface area contributed by atoms with Gasteiger partial charge in [-0.2, -0.15) is 0 Å². The molecule has 0 saturated carbocycles. The van der Waals surface area contributed by atoms with Gasteiger partial charge < -0.3 is 24.3 Å². The largest absolute Gasteiger partial charge is 0.496 e. The van der Waals surface area contributed by atoms with Crippen molar-refractivity contribution in [3.8, 4) is 17.2 Å². The number of benzene rings is 3. The van der Waals surface area contributed by atoms with Gasteiger partial charge in [-0.1, -0.05) is 30.3 Å². The molecular formula is C28H25NO6S. The van der Waals surface area contributed by atoms with Gasteiger partial charge in [0.25, 0.3) is 5.91 Å². The van der Waals surface area contributed by atoms with Gasteiger partial charge in [0.05, 0.1) is 24.8 Å². The summed E-state index contributed by atoms with van der Waals surface area (Å²) >= 11 is 1.36. The second-order valence-electron chi connectivity index (χ2n) is 8.29. The molecule has 1 amide bonds. The van der Waals surface area contributed by atoms with Gasteiger partial charge in [0, 0.05) is 11.3 Å². The van der Waals surface area contributed by atoms with Crippen LogP contribution >= 0.6 is 11.3 Å². The first-order chi connectivity index (χ1) is 17.5. The van der Waals surface area contributed by atoms with E-state index in [1.54, 1.807) is 13.0 Å². The highest BCUT2D eigenvalue weighted by molar-refractivity contribution is 7.17. The highest BCUT2D eigenvalue weighted by atomic mass is 32.1. The Morgan fingerprint density at radius 2 is 1.78 bits per heavy atom. The van der Waals surface area contributed by atoms with Crippen molar-refractivity contribution in [3.05, 3.63) is 81.7 Å². The molecular weight excluding hydrogens is 478 g/mol. The lowest BCUT2D eigenvalue weighted by Crippen LogP contribution is -2.15. The number of carbonyl (C=O) groups excluding carboxylic acids is 2. The fourth-order valence-corrected chi connectivity index (χ4v) is 5.46. The highest BCUT2D eigenvalue weighted by Crippen LogP contribution is 2.38. The predicted octanol–water partition coefficient (Wildman–Crippen LogP) is 5.97. The third kappa shape index (κ3) is 4.47. The number of nitrogens with one attached hydrogen (secondary N) is 1. The lowest BCUT2D eigenvalue weighted by atomic mass is 10.0. The number of hydrogen-bond donors (Lipinski definition) is 1. The molecule has 2 heterocycles. The summed E-state index contributed by atoms with van der Waals surface area (Å²) in [4.78, 5) is 27.2. The Morgan fingerprint density at radius 1 is 1.03 bits per heavy atom. The van der Waals surface area contributed by atoms with E-state index in [4.69, 9.17) is 18.9 Å². The highest BCUT2D eigenvalue weighted by Gasteiger charge is 2.25. The molecule has 1 aliphatic heterocycles. The normalized spacial score (nSPS) is 12.0. The van der Waals surface area contributed by atoms with Crippen molar-refractivity contribution < 1.29 is 28.5 Å². The van der Waals surface area contributed by atoms with Gasteiger partial charge in [-0.15, -0.1) is 11.3 Å². The van der Waals surface area contributed by atoms with Crippen LogP contribution in [0.15, 0.2) is 54.6 Å². The van der Waals surface area contributed by atoms with E-state index < -0.39 is 5.97 Å². The number of fused-ring (bicyclic) bond motifs is 2. The van der Waals surface area contributed by atoms with Crippen LogP contribution in [0.2, 0.25) is 0 Å². The second-order valence-corrected chi connectivity index (χ2v) is 9.40.